The fourth-order valence-electron chi connectivity index (χ4n) is 4.73. The van der Waals surface area contributed by atoms with E-state index in [4.69, 9.17) is 32.9 Å². The molecule has 3 atom stereocenters. The molecule has 1 unspecified atom stereocenters. The Hall–Kier alpha value is -2.43. The van der Waals surface area contributed by atoms with E-state index in [0.717, 1.165) is 11.3 Å². The molecule has 0 saturated carbocycles. The van der Waals surface area contributed by atoms with Crippen molar-refractivity contribution in [3.63, 3.8) is 0 Å². The maximum absolute atomic E-state index is 13.5. The topological polar surface area (TPSA) is 55.7 Å². The van der Waals surface area contributed by atoms with Crippen molar-refractivity contribution in [3.05, 3.63) is 81.0 Å². The van der Waals surface area contributed by atoms with Gasteiger partial charge in [0.05, 0.1) is 16.1 Å². The molecule has 4 nitrogen and oxygen atoms in total. The van der Waals surface area contributed by atoms with E-state index in [1.165, 1.54) is 0 Å². The van der Waals surface area contributed by atoms with Gasteiger partial charge in [0, 0.05) is 29.3 Å². The Morgan fingerprint density at radius 2 is 1.78 bits per heavy atom. The van der Waals surface area contributed by atoms with Gasteiger partial charge in [0.2, 0.25) is 0 Å². The Labute approximate surface area is 198 Å². The Balaban J connectivity index is 1.84. The van der Waals surface area contributed by atoms with Crippen LogP contribution in [0.15, 0.2) is 64.8 Å². The first-order valence-electron chi connectivity index (χ1n) is 10.8. The van der Waals surface area contributed by atoms with Gasteiger partial charge in [0.25, 0.3) is 0 Å². The average molecular weight is 470 g/mol. The van der Waals surface area contributed by atoms with Crippen LogP contribution >= 0.6 is 23.2 Å². The first-order valence-corrected chi connectivity index (χ1v) is 11.5. The summed E-state index contributed by atoms with van der Waals surface area (Å²) in [6, 6.07) is 15.3. The molecule has 0 radical (unpaired) electrons. The number of ketones is 1. The molecule has 0 bridgehead atoms. The highest BCUT2D eigenvalue weighted by Crippen LogP contribution is 2.49. The first kappa shape index (κ1) is 22.8. The van der Waals surface area contributed by atoms with Gasteiger partial charge >= 0.3 is 5.97 Å². The van der Waals surface area contributed by atoms with Crippen LogP contribution in [-0.4, -0.2) is 23.6 Å². The molecule has 6 heteroatoms. The number of esters is 1. The molecule has 0 N–H and O–H groups in total. The molecule has 1 heterocycles. The van der Waals surface area contributed by atoms with E-state index < -0.39 is 17.8 Å². The summed E-state index contributed by atoms with van der Waals surface area (Å²) in [5, 5.41) is 0.730. The van der Waals surface area contributed by atoms with Crippen molar-refractivity contribution in [2.75, 3.05) is 0 Å². The summed E-state index contributed by atoms with van der Waals surface area (Å²) in [6.45, 7) is 5.42. The lowest BCUT2D eigenvalue weighted by molar-refractivity contribution is -0.150. The molecule has 0 saturated heterocycles. The standard InChI is InChI=1S/C26H25Cl2NO3/c1-14(2)32-26(31)22-15(3)29-20-12-17(16-8-5-4-6-9-16)13-21(30)24(20)23(22)18-10-7-11-19(27)25(18)28/h4-11,14,17,22-23H,12-13H2,1-3H3/t17-,22?,23-/m0/s1. The van der Waals surface area contributed by atoms with Gasteiger partial charge < -0.3 is 4.74 Å². The highest BCUT2D eigenvalue weighted by Gasteiger charge is 2.45. The van der Waals surface area contributed by atoms with Crippen molar-refractivity contribution in [3.8, 4) is 0 Å². The number of benzene rings is 2. The lowest BCUT2D eigenvalue weighted by Crippen LogP contribution is -2.39. The van der Waals surface area contributed by atoms with Gasteiger partial charge in [-0.1, -0.05) is 65.7 Å². The van der Waals surface area contributed by atoms with Crippen LogP contribution in [0, 0.1) is 5.92 Å². The summed E-state index contributed by atoms with van der Waals surface area (Å²) in [5.41, 5.74) is 3.66. The van der Waals surface area contributed by atoms with E-state index in [9.17, 15) is 9.59 Å². The molecule has 0 fully saturated rings. The summed E-state index contributed by atoms with van der Waals surface area (Å²) in [5.74, 6) is -1.69. The van der Waals surface area contributed by atoms with Crippen LogP contribution in [0.5, 0.6) is 0 Å². The molecule has 0 spiro atoms. The first-order chi connectivity index (χ1) is 15.3. The average Bonchev–Trinajstić information content (AvgIpc) is 2.74. The molecule has 166 valence electrons. The number of hydrogen-bond acceptors (Lipinski definition) is 4. The van der Waals surface area contributed by atoms with Crippen molar-refractivity contribution < 1.29 is 14.3 Å². The van der Waals surface area contributed by atoms with Crippen LogP contribution in [0.1, 0.15) is 56.6 Å². The molecule has 0 amide bonds. The molecular weight excluding hydrogens is 445 g/mol. The van der Waals surface area contributed by atoms with E-state index >= 15 is 0 Å². The zero-order valence-corrected chi connectivity index (χ0v) is 19.8. The van der Waals surface area contributed by atoms with Crippen molar-refractivity contribution in [1.29, 1.82) is 0 Å². The van der Waals surface area contributed by atoms with Crippen LogP contribution < -0.4 is 0 Å². The smallest absolute Gasteiger partial charge is 0.315 e. The van der Waals surface area contributed by atoms with Gasteiger partial charge in [-0.3, -0.25) is 14.6 Å². The summed E-state index contributed by atoms with van der Waals surface area (Å²) < 4.78 is 5.56. The molecule has 2 aliphatic rings. The van der Waals surface area contributed by atoms with Crippen LogP contribution in [0.4, 0.5) is 0 Å². The van der Waals surface area contributed by atoms with Gasteiger partial charge in [-0.05, 0) is 50.3 Å². The molecule has 0 aromatic heterocycles. The second kappa shape index (κ2) is 9.21. The molecule has 32 heavy (non-hydrogen) atoms. The predicted molar refractivity (Wildman–Crippen MR) is 127 cm³/mol. The maximum atomic E-state index is 13.5. The second-order valence-corrected chi connectivity index (χ2v) is 9.42. The molecule has 2 aromatic rings. The number of nitrogens with zero attached hydrogens (tertiary/aromatic N) is 1. The Morgan fingerprint density at radius 3 is 2.47 bits per heavy atom. The Kier molecular flexibility index (Phi) is 6.55. The summed E-state index contributed by atoms with van der Waals surface area (Å²) in [7, 11) is 0. The number of carbonyl (C=O) groups excluding carboxylic acids is 2. The van der Waals surface area contributed by atoms with Crippen LogP contribution in [0.2, 0.25) is 10.0 Å². The number of Topliss-reactive ketones (excluding diaryl/α,β-unsaturated/α-hetero) is 1. The highest BCUT2D eigenvalue weighted by atomic mass is 35.5. The predicted octanol–water partition coefficient (Wildman–Crippen LogP) is 6.52. The van der Waals surface area contributed by atoms with Gasteiger partial charge in [0.1, 0.15) is 5.92 Å². The number of hydrogen-bond donors (Lipinski definition) is 0. The third kappa shape index (κ3) is 4.26. The number of carbonyl (C=O) groups is 2. The number of allylic oxidation sites excluding steroid dienone is 2. The SMILES string of the molecule is CC1=NC2=C(C(=O)C[C@@H](c3ccccc3)C2)[C@@H](c2cccc(Cl)c2Cl)C1C(=O)OC(C)C. The normalized spacial score (nSPS) is 23.1. The maximum Gasteiger partial charge on any atom is 0.315 e. The van der Waals surface area contributed by atoms with Gasteiger partial charge in [-0.15, -0.1) is 0 Å². The van der Waals surface area contributed by atoms with E-state index in [1.807, 2.05) is 43.3 Å². The molecule has 2 aromatic carbocycles. The minimum Gasteiger partial charge on any atom is -0.462 e. The molecular formula is C26H25Cl2NO3. The molecule has 4 rings (SSSR count). The van der Waals surface area contributed by atoms with Crippen LogP contribution in [0.3, 0.4) is 0 Å². The Bertz CT molecular complexity index is 1120. The van der Waals surface area contributed by atoms with Crippen molar-refractivity contribution in [2.45, 2.75) is 51.6 Å². The zero-order valence-electron chi connectivity index (χ0n) is 18.3. The van der Waals surface area contributed by atoms with Crippen LogP contribution in [0.25, 0.3) is 0 Å². The molecule has 1 aliphatic heterocycles. The highest BCUT2D eigenvalue weighted by molar-refractivity contribution is 6.42. The monoisotopic (exact) mass is 469 g/mol. The second-order valence-electron chi connectivity index (χ2n) is 8.64. The van der Waals surface area contributed by atoms with Gasteiger partial charge in [-0.2, -0.15) is 0 Å². The third-order valence-electron chi connectivity index (χ3n) is 6.08. The van der Waals surface area contributed by atoms with E-state index in [2.05, 4.69) is 0 Å². The van der Waals surface area contributed by atoms with Gasteiger partial charge in [-0.25, -0.2) is 0 Å². The quantitative estimate of drug-likeness (QED) is 0.478. The number of ether oxygens (including phenoxy) is 1. The minimum atomic E-state index is -0.732. The summed E-state index contributed by atoms with van der Waals surface area (Å²) >= 11 is 12.9. The van der Waals surface area contributed by atoms with Crippen molar-refractivity contribution >= 4 is 40.7 Å². The van der Waals surface area contributed by atoms with E-state index in [1.54, 1.807) is 26.0 Å². The van der Waals surface area contributed by atoms with Crippen molar-refractivity contribution in [1.82, 2.24) is 0 Å². The number of halogens is 2. The summed E-state index contributed by atoms with van der Waals surface area (Å²) in [4.78, 5) is 31.5. The lowest BCUT2D eigenvalue weighted by atomic mass is 9.69. The largest absolute Gasteiger partial charge is 0.462 e. The van der Waals surface area contributed by atoms with Crippen molar-refractivity contribution in [2.24, 2.45) is 10.9 Å². The van der Waals surface area contributed by atoms with Gasteiger partial charge in [0.15, 0.2) is 5.78 Å². The fraction of sp³-hybridized carbons (Fsp3) is 0.346. The van der Waals surface area contributed by atoms with E-state index in [-0.39, 0.29) is 17.8 Å². The van der Waals surface area contributed by atoms with E-state index in [0.29, 0.717) is 39.7 Å². The van der Waals surface area contributed by atoms with Crippen LogP contribution in [-0.2, 0) is 14.3 Å². The Morgan fingerprint density at radius 1 is 1.06 bits per heavy atom. The fourth-order valence-corrected chi connectivity index (χ4v) is 5.15. The lowest BCUT2D eigenvalue weighted by Gasteiger charge is -2.37. The minimum absolute atomic E-state index is 0.0141. The summed E-state index contributed by atoms with van der Waals surface area (Å²) in [6.07, 6.45) is 0.701. The third-order valence-corrected chi connectivity index (χ3v) is 6.92. The zero-order chi connectivity index (χ0) is 23.0. The number of aliphatic imine (C=N–C) groups is 1. The number of rotatable bonds is 4. The molecule has 1 aliphatic carbocycles.